The molecule has 2 amide bonds. The number of carbonyl (C=O) groups is 2. The van der Waals surface area contributed by atoms with Crippen LogP contribution in [0.15, 0.2) is 53.6 Å². The number of nitrogens with one attached hydrogen (secondary N) is 1. The number of likely N-dealkylation sites (N-methyl/N-ethyl adjacent to an activating group) is 1. The zero-order valence-electron chi connectivity index (χ0n) is 19.8. The molecule has 2 aliphatic heterocycles. The van der Waals surface area contributed by atoms with Crippen LogP contribution in [0, 0.1) is 0 Å². The summed E-state index contributed by atoms with van der Waals surface area (Å²) in [5.74, 6) is 1.15. The molecule has 1 N–H and O–H groups in total. The number of carbonyl (C=O) groups excluding carboxylic acids is 2. The van der Waals surface area contributed by atoms with E-state index in [-0.39, 0.29) is 18.1 Å². The fourth-order valence-corrected chi connectivity index (χ4v) is 5.35. The van der Waals surface area contributed by atoms with Crippen LogP contribution in [0.5, 0.6) is 5.75 Å². The Hall–Kier alpha value is -3.30. The van der Waals surface area contributed by atoms with Crippen LogP contribution in [0.25, 0.3) is 10.9 Å². The van der Waals surface area contributed by atoms with Crippen molar-refractivity contribution in [3.05, 3.63) is 54.2 Å². The zero-order valence-corrected chi connectivity index (χ0v) is 20.6. The number of amides is 2. The summed E-state index contributed by atoms with van der Waals surface area (Å²) >= 11 is 1.50. The second kappa shape index (κ2) is 10.1. The van der Waals surface area contributed by atoms with Gasteiger partial charge in [-0.25, -0.2) is 4.79 Å². The van der Waals surface area contributed by atoms with Crippen LogP contribution in [0.1, 0.15) is 12.0 Å². The van der Waals surface area contributed by atoms with Crippen molar-refractivity contribution < 1.29 is 19.1 Å². The number of methoxy groups -OCH3 is 1. The zero-order chi connectivity index (χ0) is 24.4. The highest BCUT2D eigenvalue weighted by Crippen LogP contribution is 2.35. The molecule has 1 atom stereocenters. The highest BCUT2D eigenvalue weighted by molar-refractivity contribution is 8.00. The molecule has 9 heteroatoms. The Morgan fingerprint density at radius 2 is 2.14 bits per heavy atom. The van der Waals surface area contributed by atoms with Gasteiger partial charge in [0.1, 0.15) is 11.9 Å². The van der Waals surface area contributed by atoms with Crippen molar-refractivity contribution in [3.8, 4) is 5.75 Å². The average molecular weight is 493 g/mol. The predicted octanol–water partition coefficient (Wildman–Crippen LogP) is 4.18. The summed E-state index contributed by atoms with van der Waals surface area (Å²) in [5.41, 5.74) is 3.70. The van der Waals surface area contributed by atoms with Gasteiger partial charge in [0.25, 0.3) is 0 Å². The lowest BCUT2D eigenvalue weighted by Crippen LogP contribution is -2.33. The molecule has 182 valence electrons. The van der Waals surface area contributed by atoms with Gasteiger partial charge in [-0.3, -0.25) is 14.7 Å². The molecule has 0 saturated carbocycles. The summed E-state index contributed by atoms with van der Waals surface area (Å²) in [6.45, 7) is 2.02. The van der Waals surface area contributed by atoms with E-state index in [4.69, 9.17) is 9.47 Å². The van der Waals surface area contributed by atoms with Crippen molar-refractivity contribution in [1.82, 2.24) is 9.88 Å². The second-order valence-electron chi connectivity index (χ2n) is 8.86. The SMILES string of the molecule is COc1cnc2cccc(CCCN(C)C[C@@H]3CN(c4ccc5c(c4)NC(=O)CS5)C(=O)O3)c2c1. The van der Waals surface area contributed by atoms with Crippen LogP contribution in [0.3, 0.4) is 0 Å². The average Bonchev–Trinajstić information content (AvgIpc) is 3.22. The first kappa shape index (κ1) is 23.4. The van der Waals surface area contributed by atoms with Gasteiger partial charge >= 0.3 is 6.09 Å². The Kier molecular flexibility index (Phi) is 6.79. The van der Waals surface area contributed by atoms with Crippen molar-refractivity contribution in [2.75, 3.05) is 49.8 Å². The van der Waals surface area contributed by atoms with Crippen LogP contribution in [0.2, 0.25) is 0 Å². The summed E-state index contributed by atoms with van der Waals surface area (Å²) in [6.07, 6.45) is 3.07. The summed E-state index contributed by atoms with van der Waals surface area (Å²) in [4.78, 5) is 33.6. The van der Waals surface area contributed by atoms with E-state index in [1.165, 1.54) is 17.3 Å². The van der Waals surface area contributed by atoms with E-state index in [2.05, 4.69) is 28.3 Å². The van der Waals surface area contributed by atoms with Crippen molar-refractivity contribution >= 4 is 46.0 Å². The third kappa shape index (κ3) is 5.21. The number of hydrogen-bond acceptors (Lipinski definition) is 7. The minimum Gasteiger partial charge on any atom is -0.495 e. The molecule has 3 heterocycles. The van der Waals surface area contributed by atoms with Gasteiger partial charge in [0.05, 0.1) is 36.8 Å². The number of aryl methyl sites for hydroxylation is 1. The maximum absolute atomic E-state index is 12.6. The number of cyclic esters (lactones) is 1. The Morgan fingerprint density at radius 3 is 3.00 bits per heavy atom. The van der Waals surface area contributed by atoms with Crippen LogP contribution >= 0.6 is 11.8 Å². The summed E-state index contributed by atoms with van der Waals surface area (Å²) in [7, 11) is 3.70. The number of fused-ring (bicyclic) bond motifs is 2. The number of benzene rings is 2. The molecule has 8 nitrogen and oxygen atoms in total. The van der Waals surface area contributed by atoms with Crippen molar-refractivity contribution in [2.45, 2.75) is 23.8 Å². The minimum absolute atomic E-state index is 0.0259. The maximum Gasteiger partial charge on any atom is 0.414 e. The molecule has 0 unspecified atom stereocenters. The summed E-state index contributed by atoms with van der Waals surface area (Å²) < 4.78 is 11.0. The van der Waals surface area contributed by atoms with Gasteiger partial charge in [-0.2, -0.15) is 0 Å². The number of pyridine rings is 1. The molecule has 5 rings (SSSR count). The molecule has 2 aromatic carbocycles. The topological polar surface area (TPSA) is 84.0 Å². The van der Waals surface area contributed by atoms with Gasteiger partial charge in [-0.15, -0.1) is 11.8 Å². The van der Waals surface area contributed by atoms with Crippen LogP contribution in [-0.4, -0.2) is 67.5 Å². The number of anilines is 2. The molecule has 3 aromatic rings. The number of ether oxygens (including phenoxy) is 2. The van der Waals surface area contributed by atoms with E-state index in [0.717, 1.165) is 52.3 Å². The number of nitrogens with zero attached hydrogens (tertiary/aromatic N) is 3. The first-order chi connectivity index (χ1) is 17.0. The molecule has 1 fully saturated rings. The maximum atomic E-state index is 12.6. The molecule has 1 saturated heterocycles. The highest BCUT2D eigenvalue weighted by atomic mass is 32.2. The van der Waals surface area contributed by atoms with Gasteiger partial charge in [0.15, 0.2) is 0 Å². The Balaban J connectivity index is 1.15. The van der Waals surface area contributed by atoms with Gasteiger partial charge in [0.2, 0.25) is 5.91 Å². The fourth-order valence-electron chi connectivity index (χ4n) is 4.57. The summed E-state index contributed by atoms with van der Waals surface area (Å²) in [6, 6.07) is 13.9. The van der Waals surface area contributed by atoms with Gasteiger partial charge in [0, 0.05) is 22.5 Å². The molecular weight excluding hydrogens is 464 g/mol. The van der Waals surface area contributed by atoms with E-state index >= 15 is 0 Å². The standard InChI is InChI=1S/C26H28N4O4S/c1-29(10-4-6-17-5-3-7-22-21(17)12-19(33-2)13-27-22)14-20-15-30(26(32)34-20)18-8-9-24-23(11-18)28-25(31)16-35-24/h3,5,7-9,11-13,20H,4,6,10,14-16H2,1-2H3,(H,28,31)/t20-/m1/s1. The van der Waals surface area contributed by atoms with Gasteiger partial charge in [-0.1, -0.05) is 12.1 Å². The van der Waals surface area contributed by atoms with Gasteiger partial charge < -0.3 is 19.7 Å². The lowest BCUT2D eigenvalue weighted by Gasteiger charge is -2.21. The van der Waals surface area contributed by atoms with E-state index < -0.39 is 0 Å². The quantitative estimate of drug-likeness (QED) is 0.505. The van der Waals surface area contributed by atoms with Crippen LogP contribution in [0.4, 0.5) is 16.2 Å². The van der Waals surface area contributed by atoms with E-state index in [9.17, 15) is 9.59 Å². The first-order valence-electron chi connectivity index (χ1n) is 11.6. The first-order valence-corrected chi connectivity index (χ1v) is 12.6. The number of aromatic nitrogens is 1. The Morgan fingerprint density at radius 1 is 1.26 bits per heavy atom. The molecule has 2 aliphatic rings. The van der Waals surface area contributed by atoms with Gasteiger partial charge in [-0.05, 0) is 62.3 Å². The van der Waals surface area contributed by atoms with E-state index in [1.807, 2.05) is 36.4 Å². The lowest BCUT2D eigenvalue weighted by atomic mass is 10.0. The second-order valence-corrected chi connectivity index (χ2v) is 9.88. The lowest BCUT2D eigenvalue weighted by molar-refractivity contribution is -0.113. The van der Waals surface area contributed by atoms with E-state index in [1.54, 1.807) is 18.2 Å². The minimum atomic E-state index is -0.352. The summed E-state index contributed by atoms with van der Waals surface area (Å²) in [5, 5.41) is 4.00. The number of thioether (sulfide) groups is 1. The fraction of sp³-hybridized carbons (Fsp3) is 0.346. The molecule has 35 heavy (non-hydrogen) atoms. The normalized spacial score (nSPS) is 17.5. The van der Waals surface area contributed by atoms with Crippen LogP contribution in [-0.2, 0) is 16.0 Å². The highest BCUT2D eigenvalue weighted by Gasteiger charge is 2.33. The number of rotatable bonds is 8. The van der Waals surface area contributed by atoms with Crippen molar-refractivity contribution in [3.63, 3.8) is 0 Å². The Labute approximate surface area is 208 Å². The van der Waals surface area contributed by atoms with Crippen molar-refractivity contribution in [2.24, 2.45) is 0 Å². The molecular formula is C26H28N4O4S. The molecule has 1 aromatic heterocycles. The largest absolute Gasteiger partial charge is 0.495 e. The molecule has 0 radical (unpaired) electrons. The smallest absolute Gasteiger partial charge is 0.414 e. The third-order valence-corrected chi connectivity index (χ3v) is 7.38. The van der Waals surface area contributed by atoms with Crippen molar-refractivity contribution in [1.29, 1.82) is 0 Å². The monoisotopic (exact) mass is 492 g/mol. The Bertz CT molecular complexity index is 1270. The van der Waals surface area contributed by atoms with E-state index in [0.29, 0.717) is 18.8 Å². The third-order valence-electron chi connectivity index (χ3n) is 6.31. The van der Waals surface area contributed by atoms with Crippen LogP contribution < -0.4 is 15.0 Å². The predicted molar refractivity (Wildman–Crippen MR) is 138 cm³/mol. The molecule has 0 bridgehead atoms. The molecule has 0 aliphatic carbocycles. The molecule has 0 spiro atoms. The number of hydrogen-bond donors (Lipinski definition) is 1.